The van der Waals surface area contributed by atoms with E-state index in [1.165, 1.54) is 0 Å². The number of hydrogen-bond donors (Lipinski definition) is 4. The zero-order chi connectivity index (χ0) is 20.1. The van der Waals surface area contributed by atoms with Gasteiger partial charge in [0.2, 0.25) is 0 Å². The molecule has 0 aromatic rings. The Labute approximate surface area is 163 Å². The molecule has 6 aliphatic rings. The van der Waals surface area contributed by atoms with E-state index in [-0.39, 0.29) is 12.5 Å². The molecule has 2 saturated carbocycles. The van der Waals surface area contributed by atoms with E-state index in [0.29, 0.717) is 13.0 Å². The number of aliphatic hydroxyl groups is 4. The molecule has 4 N–H and O–H groups in total. The van der Waals surface area contributed by atoms with Crippen molar-refractivity contribution in [1.29, 1.82) is 0 Å². The molecule has 0 amide bonds. The van der Waals surface area contributed by atoms with Crippen LogP contribution in [0.4, 0.5) is 0 Å². The Bertz CT molecular complexity index is 738. The molecule has 2 aliphatic carbocycles. The lowest BCUT2D eigenvalue weighted by molar-refractivity contribution is -0.296. The predicted molar refractivity (Wildman–Crippen MR) is 92.7 cm³/mol. The fourth-order valence-corrected chi connectivity index (χ4v) is 8.66. The smallest absolute Gasteiger partial charge is 0.188 e. The van der Waals surface area contributed by atoms with Crippen molar-refractivity contribution in [2.24, 2.45) is 28.1 Å². The summed E-state index contributed by atoms with van der Waals surface area (Å²) >= 11 is 0. The van der Waals surface area contributed by atoms with Crippen molar-refractivity contribution >= 4 is 0 Å². The Morgan fingerprint density at radius 1 is 1.04 bits per heavy atom. The topological polar surface area (TPSA) is 118 Å². The van der Waals surface area contributed by atoms with Crippen molar-refractivity contribution < 1.29 is 39.4 Å². The molecule has 28 heavy (non-hydrogen) atoms. The standard InChI is InChI=1S/C20H30O8/c1-8-6-25-10-5-17-13-11(22)12(16(2,3)4)18(17)9(21)7-26-15(18)28-20(17,14(23)27-13)19(8,10)24/h8-15,21-24H,5-7H2,1-4H3/t8-,9+,10?,11-,12+,13?,14?,15?,17?,18?,19-,20?/m1/s1. The summed E-state index contributed by atoms with van der Waals surface area (Å²) < 4.78 is 24.3. The summed E-state index contributed by atoms with van der Waals surface area (Å²) in [4.78, 5) is 0. The molecule has 0 radical (unpaired) electrons. The SMILES string of the molecule is C[C@@H]1COC2CC34C5OC(O)C3(OC3OC[C@H](O)C34[C@H](C(C)(C)C)[C@H]5O)[C@]21O. The molecule has 6 fully saturated rings. The molecular weight excluding hydrogens is 368 g/mol. The maximum absolute atomic E-state index is 12.0. The van der Waals surface area contributed by atoms with Crippen LogP contribution in [0.5, 0.6) is 0 Å². The van der Waals surface area contributed by atoms with Gasteiger partial charge in [-0.15, -0.1) is 0 Å². The van der Waals surface area contributed by atoms with Gasteiger partial charge >= 0.3 is 0 Å². The summed E-state index contributed by atoms with van der Waals surface area (Å²) in [6.07, 6.45) is -5.10. The minimum absolute atomic E-state index is 0.0874. The Morgan fingerprint density at radius 3 is 2.43 bits per heavy atom. The monoisotopic (exact) mass is 398 g/mol. The molecule has 12 atom stereocenters. The van der Waals surface area contributed by atoms with Crippen LogP contribution in [0.15, 0.2) is 0 Å². The van der Waals surface area contributed by atoms with Gasteiger partial charge in [0.15, 0.2) is 18.2 Å². The molecule has 4 heterocycles. The minimum atomic E-state index is -1.52. The van der Waals surface area contributed by atoms with E-state index in [0.717, 1.165) is 0 Å². The summed E-state index contributed by atoms with van der Waals surface area (Å²) in [7, 11) is 0. The van der Waals surface area contributed by atoms with Crippen LogP contribution >= 0.6 is 0 Å². The fraction of sp³-hybridized carbons (Fsp3) is 1.00. The van der Waals surface area contributed by atoms with E-state index in [9.17, 15) is 20.4 Å². The molecule has 4 saturated heterocycles. The average molecular weight is 398 g/mol. The molecule has 8 nitrogen and oxygen atoms in total. The second-order valence-electron chi connectivity index (χ2n) is 10.9. The van der Waals surface area contributed by atoms with Gasteiger partial charge in [0, 0.05) is 11.8 Å². The van der Waals surface area contributed by atoms with E-state index in [2.05, 4.69) is 0 Å². The zero-order valence-electron chi connectivity index (χ0n) is 16.7. The molecule has 158 valence electrons. The van der Waals surface area contributed by atoms with Crippen molar-refractivity contribution in [3.63, 3.8) is 0 Å². The van der Waals surface area contributed by atoms with Crippen molar-refractivity contribution in [2.75, 3.05) is 13.2 Å². The Morgan fingerprint density at radius 2 is 1.75 bits per heavy atom. The summed E-state index contributed by atoms with van der Waals surface area (Å²) in [5, 5.41) is 45.9. The lowest BCUT2D eigenvalue weighted by Crippen LogP contribution is -2.67. The largest absolute Gasteiger partial charge is 0.390 e. The highest BCUT2D eigenvalue weighted by Crippen LogP contribution is 2.85. The molecule has 6 rings (SSSR count). The lowest BCUT2D eigenvalue weighted by atomic mass is 9.51. The van der Waals surface area contributed by atoms with Crippen LogP contribution in [0.3, 0.4) is 0 Å². The maximum Gasteiger partial charge on any atom is 0.188 e. The van der Waals surface area contributed by atoms with Gasteiger partial charge in [0.25, 0.3) is 0 Å². The van der Waals surface area contributed by atoms with E-state index < -0.39 is 70.4 Å². The Balaban J connectivity index is 1.68. The second-order valence-corrected chi connectivity index (χ2v) is 10.9. The van der Waals surface area contributed by atoms with Gasteiger partial charge in [0.1, 0.15) is 5.60 Å². The molecule has 2 spiro atoms. The van der Waals surface area contributed by atoms with Crippen molar-refractivity contribution in [3.8, 4) is 0 Å². The van der Waals surface area contributed by atoms with Crippen LogP contribution in [0, 0.1) is 28.1 Å². The number of rotatable bonds is 0. The summed E-state index contributed by atoms with van der Waals surface area (Å²) in [6.45, 7) is 8.39. The molecular formula is C20H30O8. The van der Waals surface area contributed by atoms with Crippen LogP contribution < -0.4 is 0 Å². The van der Waals surface area contributed by atoms with Crippen molar-refractivity contribution in [2.45, 2.75) is 82.3 Å². The first-order valence-electron chi connectivity index (χ1n) is 10.3. The first-order valence-corrected chi connectivity index (χ1v) is 10.3. The van der Waals surface area contributed by atoms with Crippen LogP contribution in [-0.2, 0) is 18.9 Å². The van der Waals surface area contributed by atoms with Gasteiger partial charge in [-0.1, -0.05) is 27.7 Å². The highest BCUT2D eigenvalue weighted by atomic mass is 16.8. The number of ether oxygens (including phenoxy) is 4. The summed E-state index contributed by atoms with van der Waals surface area (Å²) in [6, 6.07) is 0. The molecule has 0 bridgehead atoms. The third-order valence-corrected chi connectivity index (χ3v) is 9.18. The molecule has 7 unspecified atom stereocenters. The van der Waals surface area contributed by atoms with Gasteiger partial charge in [-0.25, -0.2) is 0 Å². The normalized spacial score (nSPS) is 66.9. The van der Waals surface area contributed by atoms with Crippen LogP contribution in [-0.4, -0.2) is 81.8 Å². The van der Waals surface area contributed by atoms with Gasteiger partial charge < -0.3 is 39.4 Å². The Kier molecular flexibility index (Phi) is 3.15. The van der Waals surface area contributed by atoms with Gasteiger partial charge in [-0.05, 0) is 11.8 Å². The third kappa shape index (κ3) is 1.37. The quantitative estimate of drug-likeness (QED) is 0.426. The van der Waals surface area contributed by atoms with E-state index in [1.807, 2.05) is 27.7 Å². The second kappa shape index (κ2) is 4.78. The first kappa shape index (κ1) is 18.4. The molecule has 4 aliphatic heterocycles. The van der Waals surface area contributed by atoms with Crippen molar-refractivity contribution in [3.05, 3.63) is 0 Å². The zero-order valence-corrected chi connectivity index (χ0v) is 16.7. The lowest BCUT2D eigenvalue weighted by Gasteiger charge is -2.49. The average Bonchev–Trinajstić information content (AvgIpc) is 3.31. The van der Waals surface area contributed by atoms with Crippen LogP contribution in [0.1, 0.15) is 34.1 Å². The number of hydrogen-bond acceptors (Lipinski definition) is 8. The van der Waals surface area contributed by atoms with E-state index >= 15 is 0 Å². The summed E-state index contributed by atoms with van der Waals surface area (Å²) in [5.74, 6) is -0.702. The molecule has 8 heteroatoms. The third-order valence-electron chi connectivity index (χ3n) is 9.18. The molecule has 0 aromatic carbocycles. The highest BCUT2D eigenvalue weighted by Gasteiger charge is 2.99. The predicted octanol–water partition coefficient (Wildman–Crippen LogP) is -0.631. The maximum atomic E-state index is 12.0. The summed E-state index contributed by atoms with van der Waals surface area (Å²) in [5.41, 5.74) is -5.42. The van der Waals surface area contributed by atoms with Crippen LogP contribution in [0.25, 0.3) is 0 Å². The van der Waals surface area contributed by atoms with Crippen LogP contribution in [0.2, 0.25) is 0 Å². The van der Waals surface area contributed by atoms with E-state index in [1.54, 1.807) is 0 Å². The van der Waals surface area contributed by atoms with Gasteiger partial charge in [-0.2, -0.15) is 0 Å². The number of fused-ring (bicyclic) bond motifs is 1. The van der Waals surface area contributed by atoms with E-state index in [4.69, 9.17) is 18.9 Å². The fourth-order valence-electron chi connectivity index (χ4n) is 8.66. The first-order chi connectivity index (χ1) is 13.0. The minimum Gasteiger partial charge on any atom is -0.390 e. The Hall–Kier alpha value is -0.320. The van der Waals surface area contributed by atoms with Crippen molar-refractivity contribution in [1.82, 2.24) is 0 Å². The molecule has 0 aromatic heterocycles. The number of aliphatic hydroxyl groups excluding tert-OH is 3. The van der Waals surface area contributed by atoms with Gasteiger partial charge in [-0.3, -0.25) is 0 Å². The highest BCUT2D eigenvalue weighted by molar-refractivity contribution is 5.43. The van der Waals surface area contributed by atoms with Gasteiger partial charge in [0.05, 0.1) is 48.5 Å².